The zero-order valence-electron chi connectivity index (χ0n) is 13.1. The van der Waals surface area contributed by atoms with Gasteiger partial charge in [0.05, 0.1) is 0 Å². The molecule has 0 aliphatic heterocycles. The predicted octanol–water partition coefficient (Wildman–Crippen LogP) is 3.43. The van der Waals surface area contributed by atoms with E-state index in [-0.39, 0.29) is 24.0 Å². The van der Waals surface area contributed by atoms with Gasteiger partial charge in [0.25, 0.3) is 0 Å². The van der Waals surface area contributed by atoms with Crippen LogP contribution in [0, 0.1) is 13.8 Å². The Bertz CT molecular complexity index is 416. The zero-order chi connectivity index (χ0) is 14.1. The molecule has 20 heavy (non-hydrogen) atoms. The molecule has 0 radical (unpaired) electrons. The Kier molecular flexibility index (Phi) is 10.5. The highest BCUT2D eigenvalue weighted by atomic mass is 127. The van der Waals surface area contributed by atoms with Gasteiger partial charge in [0, 0.05) is 20.1 Å². The van der Waals surface area contributed by atoms with Crippen molar-refractivity contribution < 1.29 is 0 Å². The lowest BCUT2D eigenvalue weighted by Crippen LogP contribution is -2.38. The number of nitrogens with one attached hydrogen (secondary N) is 2. The third kappa shape index (κ3) is 7.12. The minimum atomic E-state index is 0. The first-order chi connectivity index (χ1) is 9.17. The van der Waals surface area contributed by atoms with Crippen molar-refractivity contribution in [3.05, 3.63) is 34.9 Å². The number of guanidine groups is 1. The zero-order valence-corrected chi connectivity index (χ0v) is 15.5. The number of hydrogen-bond acceptors (Lipinski definition) is 1. The molecule has 1 aromatic rings. The average molecular weight is 389 g/mol. The Labute approximate surface area is 140 Å². The molecule has 0 unspecified atom stereocenters. The van der Waals surface area contributed by atoms with E-state index in [4.69, 9.17) is 0 Å². The van der Waals surface area contributed by atoms with Crippen LogP contribution in [0.3, 0.4) is 0 Å². The van der Waals surface area contributed by atoms with E-state index in [1.807, 2.05) is 7.05 Å². The predicted molar refractivity (Wildman–Crippen MR) is 99.3 cm³/mol. The number of halogens is 1. The summed E-state index contributed by atoms with van der Waals surface area (Å²) in [5.74, 6) is 0.901. The number of aryl methyl sites for hydroxylation is 2. The molecule has 3 nitrogen and oxygen atoms in total. The number of nitrogens with zero attached hydrogens (tertiary/aromatic N) is 1. The van der Waals surface area contributed by atoms with Crippen molar-refractivity contribution in [1.29, 1.82) is 0 Å². The topological polar surface area (TPSA) is 36.4 Å². The SMILES string of the molecule is CCCCNC(=NC)NCCc1ccc(C)cc1C.I. The van der Waals surface area contributed by atoms with Gasteiger partial charge in [-0.15, -0.1) is 24.0 Å². The van der Waals surface area contributed by atoms with Gasteiger partial charge in [-0.25, -0.2) is 0 Å². The number of rotatable bonds is 6. The van der Waals surface area contributed by atoms with Crippen LogP contribution in [-0.2, 0) is 6.42 Å². The summed E-state index contributed by atoms with van der Waals surface area (Å²) in [6.07, 6.45) is 3.41. The van der Waals surface area contributed by atoms with Crippen molar-refractivity contribution in [2.75, 3.05) is 20.1 Å². The van der Waals surface area contributed by atoms with E-state index in [0.29, 0.717) is 0 Å². The van der Waals surface area contributed by atoms with Gasteiger partial charge in [-0.05, 0) is 37.8 Å². The van der Waals surface area contributed by atoms with Crippen LogP contribution in [0.25, 0.3) is 0 Å². The van der Waals surface area contributed by atoms with Gasteiger partial charge in [0.15, 0.2) is 5.96 Å². The molecule has 114 valence electrons. The second-order valence-electron chi connectivity index (χ2n) is 4.96. The minimum Gasteiger partial charge on any atom is -0.356 e. The fourth-order valence-electron chi connectivity index (χ4n) is 2.05. The highest BCUT2D eigenvalue weighted by Gasteiger charge is 2.00. The van der Waals surface area contributed by atoms with E-state index < -0.39 is 0 Å². The van der Waals surface area contributed by atoms with Crippen LogP contribution < -0.4 is 10.6 Å². The molecular weight excluding hydrogens is 361 g/mol. The molecule has 0 heterocycles. The summed E-state index contributed by atoms with van der Waals surface area (Å²) in [6, 6.07) is 6.64. The van der Waals surface area contributed by atoms with E-state index in [1.165, 1.54) is 29.5 Å². The van der Waals surface area contributed by atoms with Crippen LogP contribution in [0.1, 0.15) is 36.5 Å². The van der Waals surface area contributed by atoms with E-state index in [9.17, 15) is 0 Å². The third-order valence-corrected chi connectivity index (χ3v) is 3.23. The maximum atomic E-state index is 4.22. The Hall–Kier alpha value is -0.780. The van der Waals surface area contributed by atoms with Crippen LogP contribution in [0.15, 0.2) is 23.2 Å². The standard InChI is InChI=1S/C16H27N3.HI/c1-5-6-10-18-16(17-4)19-11-9-15-8-7-13(2)12-14(15)3;/h7-8,12H,5-6,9-11H2,1-4H3,(H2,17,18,19);1H. The summed E-state index contributed by atoms with van der Waals surface area (Å²) in [7, 11) is 1.82. The highest BCUT2D eigenvalue weighted by Crippen LogP contribution is 2.10. The molecule has 1 aromatic carbocycles. The van der Waals surface area contributed by atoms with Crippen LogP contribution in [0.2, 0.25) is 0 Å². The molecule has 0 aromatic heterocycles. The van der Waals surface area contributed by atoms with Crippen molar-refractivity contribution in [3.63, 3.8) is 0 Å². The minimum absolute atomic E-state index is 0. The van der Waals surface area contributed by atoms with Crippen molar-refractivity contribution in [2.45, 2.75) is 40.0 Å². The number of aliphatic imine (C=N–C) groups is 1. The van der Waals surface area contributed by atoms with Gasteiger partial charge in [-0.2, -0.15) is 0 Å². The molecule has 0 bridgehead atoms. The van der Waals surface area contributed by atoms with Crippen molar-refractivity contribution in [1.82, 2.24) is 10.6 Å². The van der Waals surface area contributed by atoms with E-state index in [0.717, 1.165) is 25.5 Å². The van der Waals surface area contributed by atoms with Crippen LogP contribution in [-0.4, -0.2) is 26.1 Å². The summed E-state index contributed by atoms with van der Waals surface area (Å²) in [6.45, 7) is 8.40. The average Bonchev–Trinajstić information content (AvgIpc) is 2.39. The lowest BCUT2D eigenvalue weighted by Gasteiger charge is -2.12. The summed E-state index contributed by atoms with van der Waals surface area (Å²) in [5.41, 5.74) is 4.10. The monoisotopic (exact) mass is 389 g/mol. The number of hydrogen-bond donors (Lipinski definition) is 2. The van der Waals surface area contributed by atoms with Gasteiger partial charge >= 0.3 is 0 Å². The van der Waals surface area contributed by atoms with Crippen LogP contribution >= 0.6 is 24.0 Å². The fourth-order valence-corrected chi connectivity index (χ4v) is 2.05. The fraction of sp³-hybridized carbons (Fsp3) is 0.562. The van der Waals surface area contributed by atoms with Gasteiger partial charge < -0.3 is 10.6 Å². The maximum absolute atomic E-state index is 4.22. The summed E-state index contributed by atoms with van der Waals surface area (Å²) >= 11 is 0. The highest BCUT2D eigenvalue weighted by molar-refractivity contribution is 14.0. The number of unbranched alkanes of at least 4 members (excludes halogenated alkanes) is 1. The Balaban J connectivity index is 0.00000361. The lowest BCUT2D eigenvalue weighted by atomic mass is 10.0. The summed E-state index contributed by atoms with van der Waals surface area (Å²) in [4.78, 5) is 4.22. The van der Waals surface area contributed by atoms with Gasteiger partial charge in [0.2, 0.25) is 0 Å². The quantitative estimate of drug-likeness (QED) is 0.339. The number of benzene rings is 1. The molecule has 0 aliphatic carbocycles. The second kappa shape index (κ2) is 10.9. The lowest BCUT2D eigenvalue weighted by molar-refractivity contribution is 0.726. The smallest absolute Gasteiger partial charge is 0.190 e. The largest absolute Gasteiger partial charge is 0.356 e. The van der Waals surface area contributed by atoms with Crippen molar-refractivity contribution in [2.24, 2.45) is 4.99 Å². The summed E-state index contributed by atoms with van der Waals surface area (Å²) in [5, 5.41) is 6.68. The molecule has 0 fully saturated rings. The van der Waals surface area contributed by atoms with E-state index in [1.54, 1.807) is 0 Å². The molecule has 0 amide bonds. The van der Waals surface area contributed by atoms with Crippen LogP contribution in [0.5, 0.6) is 0 Å². The van der Waals surface area contributed by atoms with Gasteiger partial charge in [-0.3, -0.25) is 4.99 Å². The van der Waals surface area contributed by atoms with E-state index in [2.05, 4.69) is 54.6 Å². The first-order valence-corrected chi connectivity index (χ1v) is 7.18. The Morgan fingerprint density at radius 2 is 1.85 bits per heavy atom. The molecule has 0 saturated carbocycles. The molecule has 0 spiro atoms. The normalized spacial score (nSPS) is 10.9. The van der Waals surface area contributed by atoms with Crippen molar-refractivity contribution in [3.8, 4) is 0 Å². The molecule has 0 saturated heterocycles. The summed E-state index contributed by atoms with van der Waals surface area (Å²) < 4.78 is 0. The first kappa shape index (κ1) is 19.2. The molecule has 4 heteroatoms. The first-order valence-electron chi connectivity index (χ1n) is 7.18. The van der Waals surface area contributed by atoms with Gasteiger partial charge in [-0.1, -0.05) is 37.1 Å². The maximum Gasteiger partial charge on any atom is 0.190 e. The van der Waals surface area contributed by atoms with Gasteiger partial charge in [0.1, 0.15) is 0 Å². The Morgan fingerprint density at radius 3 is 2.45 bits per heavy atom. The molecule has 1 rings (SSSR count). The molecule has 0 atom stereocenters. The molecule has 0 aliphatic rings. The van der Waals surface area contributed by atoms with Crippen molar-refractivity contribution >= 4 is 29.9 Å². The molecular formula is C16H28IN3. The second-order valence-corrected chi connectivity index (χ2v) is 4.96. The third-order valence-electron chi connectivity index (χ3n) is 3.23. The molecule has 2 N–H and O–H groups in total. The van der Waals surface area contributed by atoms with Crippen LogP contribution in [0.4, 0.5) is 0 Å². The Morgan fingerprint density at radius 1 is 1.15 bits per heavy atom. The van der Waals surface area contributed by atoms with E-state index >= 15 is 0 Å².